The van der Waals surface area contributed by atoms with Gasteiger partial charge in [-0.1, -0.05) is 59.6 Å². The number of fused-ring (bicyclic) bond motifs is 1. The number of hydrogen-bond acceptors (Lipinski definition) is 4. The van der Waals surface area contributed by atoms with E-state index >= 15 is 0 Å². The fourth-order valence-electron chi connectivity index (χ4n) is 2.78. The third kappa shape index (κ3) is 4.57. The van der Waals surface area contributed by atoms with Crippen LogP contribution in [-0.2, 0) is 0 Å². The first-order chi connectivity index (χ1) is 14.0. The van der Waals surface area contributed by atoms with E-state index in [1.165, 1.54) is 22.8 Å². The summed E-state index contributed by atoms with van der Waals surface area (Å²) >= 11 is 18.5. The van der Waals surface area contributed by atoms with E-state index in [0.717, 1.165) is 16.6 Å². The highest BCUT2D eigenvalue weighted by Gasteiger charge is 2.13. The maximum Gasteiger partial charge on any atom is 0.258 e. The molecule has 0 saturated carbocycles. The Labute approximate surface area is 186 Å². The first kappa shape index (κ1) is 19.8. The summed E-state index contributed by atoms with van der Waals surface area (Å²) in [5.41, 5.74) is 2.13. The van der Waals surface area contributed by atoms with E-state index in [4.69, 9.17) is 35.4 Å². The fourth-order valence-corrected chi connectivity index (χ4v) is 4.26. The number of aromatic nitrogens is 1. The minimum atomic E-state index is -0.421. The zero-order valence-electron chi connectivity index (χ0n) is 14.8. The molecule has 0 unspecified atom stereocenters. The number of nitrogens with zero attached hydrogens (tertiary/aromatic N) is 1. The van der Waals surface area contributed by atoms with E-state index in [-0.39, 0.29) is 15.7 Å². The van der Waals surface area contributed by atoms with Gasteiger partial charge in [-0.05, 0) is 47.3 Å². The topological polar surface area (TPSA) is 54.0 Å². The second-order valence-electron chi connectivity index (χ2n) is 6.13. The Hall–Kier alpha value is -2.51. The van der Waals surface area contributed by atoms with E-state index in [0.29, 0.717) is 10.2 Å². The van der Waals surface area contributed by atoms with Crippen LogP contribution in [0.1, 0.15) is 10.4 Å². The Balaban J connectivity index is 1.45. The van der Waals surface area contributed by atoms with Gasteiger partial charge in [-0.3, -0.25) is 10.1 Å². The van der Waals surface area contributed by atoms with E-state index < -0.39 is 5.91 Å². The van der Waals surface area contributed by atoms with Gasteiger partial charge < -0.3 is 5.32 Å². The summed E-state index contributed by atoms with van der Waals surface area (Å²) in [5.74, 6) is -0.421. The molecule has 4 nitrogen and oxygen atoms in total. The van der Waals surface area contributed by atoms with Crippen LogP contribution in [0.3, 0.4) is 0 Å². The molecule has 2 N–H and O–H groups in total. The largest absolute Gasteiger partial charge is 0.308 e. The van der Waals surface area contributed by atoms with Gasteiger partial charge in [0, 0.05) is 16.0 Å². The van der Waals surface area contributed by atoms with Gasteiger partial charge in [-0.25, -0.2) is 4.98 Å². The molecule has 0 aliphatic carbocycles. The molecule has 0 aliphatic heterocycles. The number of anilines is 1. The summed E-state index contributed by atoms with van der Waals surface area (Å²) in [6.07, 6.45) is 0. The number of halogens is 2. The van der Waals surface area contributed by atoms with Gasteiger partial charge in [0.05, 0.1) is 16.3 Å². The van der Waals surface area contributed by atoms with Crippen molar-refractivity contribution in [1.29, 1.82) is 0 Å². The van der Waals surface area contributed by atoms with Gasteiger partial charge in [0.2, 0.25) is 0 Å². The van der Waals surface area contributed by atoms with Crippen molar-refractivity contribution in [3.63, 3.8) is 0 Å². The number of carbonyl (C=O) groups is 1. The molecule has 0 spiro atoms. The van der Waals surface area contributed by atoms with Crippen molar-refractivity contribution < 1.29 is 4.79 Å². The third-order valence-corrected chi connectivity index (χ3v) is 5.68. The minimum absolute atomic E-state index is 0.139. The summed E-state index contributed by atoms with van der Waals surface area (Å²) in [7, 11) is 0. The lowest BCUT2D eigenvalue weighted by atomic mass is 10.1. The van der Waals surface area contributed by atoms with E-state index in [1.807, 2.05) is 23.6 Å². The van der Waals surface area contributed by atoms with Crippen LogP contribution in [0.2, 0.25) is 10.0 Å². The summed E-state index contributed by atoms with van der Waals surface area (Å²) in [5, 5.41) is 11.2. The quantitative estimate of drug-likeness (QED) is 0.349. The van der Waals surface area contributed by atoms with E-state index in [2.05, 4.69) is 39.9 Å². The van der Waals surface area contributed by atoms with Crippen LogP contribution in [0.5, 0.6) is 0 Å². The molecule has 0 aliphatic rings. The number of thiazole rings is 1. The molecule has 144 valence electrons. The van der Waals surface area contributed by atoms with Crippen LogP contribution in [0.15, 0.2) is 66.0 Å². The zero-order valence-corrected chi connectivity index (χ0v) is 17.9. The van der Waals surface area contributed by atoms with Crippen molar-refractivity contribution in [3.05, 3.63) is 81.7 Å². The Morgan fingerprint density at radius 2 is 1.79 bits per heavy atom. The van der Waals surface area contributed by atoms with Gasteiger partial charge in [0.15, 0.2) is 10.2 Å². The lowest BCUT2D eigenvalue weighted by molar-refractivity contribution is 0.0978. The second kappa shape index (κ2) is 8.47. The average Bonchev–Trinajstić information content (AvgIpc) is 3.15. The Morgan fingerprint density at radius 1 is 1.00 bits per heavy atom. The molecule has 0 radical (unpaired) electrons. The third-order valence-electron chi connectivity index (χ3n) is 4.17. The maximum atomic E-state index is 12.3. The first-order valence-electron chi connectivity index (χ1n) is 8.52. The number of nitrogens with one attached hydrogen (secondary N) is 2. The lowest BCUT2D eigenvalue weighted by Gasteiger charge is -2.08. The van der Waals surface area contributed by atoms with E-state index in [9.17, 15) is 4.79 Å². The molecule has 0 saturated heterocycles. The van der Waals surface area contributed by atoms with Gasteiger partial charge >= 0.3 is 0 Å². The zero-order chi connectivity index (χ0) is 20.4. The highest BCUT2D eigenvalue weighted by Crippen LogP contribution is 2.28. The fraction of sp³-hybridized carbons (Fsp3) is 0. The average molecular weight is 458 g/mol. The molecule has 8 heteroatoms. The second-order valence-corrected chi connectivity index (χ2v) is 8.24. The number of rotatable bonds is 3. The predicted octanol–water partition coefficient (Wildman–Crippen LogP) is 6.40. The first-order valence-corrected chi connectivity index (χ1v) is 10.6. The van der Waals surface area contributed by atoms with Gasteiger partial charge in [-0.2, -0.15) is 0 Å². The highest BCUT2D eigenvalue weighted by atomic mass is 35.5. The van der Waals surface area contributed by atoms with Crippen molar-refractivity contribution in [1.82, 2.24) is 10.3 Å². The van der Waals surface area contributed by atoms with Crippen LogP contribution in [-0.4, -0.2) is 16.0 Å². The molecule has 1 aromatic heterocycles. The molecule has 0 atom stereocenters. The van der Waals surface area contributed by atoms with E-state index in [1.54, 1.807) is 12.1 Å². The molecule has 4 aromatic rings. The predicted molar refractivity (Wildman–Crippen MR) is 125 cm³/mol. The molecule has 1 heterocycles. The highest BCUT2D eigenvalue weighted by molar-refractivity contribution is 7.80. The molecule has 29 heavy (non-hydrogen) atoms. The number of carbonyl (C=O) groups excluding carboxylic acids is 1. The minimum Gasteiger partial charge on any atom is -0.308 e. The molecule has 0 bridgehead atoms. The molecule has 0 fully saturated rings. The summed E-state index contributed by atoms with van der Waals surface area (Å²) in [6, 6.07) is 19.0. The number of benzene rings is 3. The SMILES string of the molecule is O=C(NC(=S)Nc1nc(-c2ccc3ccccc3c2)cs1)c1ccc(Cl)cc1Cl. The normalized spacial score (nSPS) is 10.7. The number of hydrogen-bond donors (Lipinski definition) is 2. The summed E-state index contributed by atoms with van der Waals surface area (Å²) in [4.78, 5) is 16.9. The lowest BCUT2D eigenvalue weighted by Crippen LogP contribution is -2.34. The monoisotopic (exact) mass is 457 g/mol. The van der Waals surface area contributed by atoms with Crippen LogP contribution in [0, 0.1) is 0 Å². The number of amides is 1. The maximum absolute atomic E-state index is 12.3. The molecule has 4 rings (SSSR count). The summed E-state index contributed by atoms with van der Waals surface area (Å²) in [6.45, 7) is 0. The van der Waals surface area contributed by atoms with Crippen molar-refractivity contribution in [2.75, 3.05) is 5.32 Å². The molecule has 3 aromatic carbocycles. The van der Waals surface area contributed by atoms with Gasteiger partial charge in [0.1, 0.15) is 0 Å². The standard InChI is InChI=1S/C21H13Cl2N3OS2/c22-15-7-8-16(17(23)10-15)19(27)25-20(28)26-21-24-18(11-29-21)14-6-5-12-3-1-2-4-13(12)9-14/h1-11H,(H2,24,25,26,27,28). The number of thiocarbonyl (C=S) groups is 1. The molecular weight excluding hydrogens is 445 g/mol. The Bertz CT molecular complexity index is 1240. The van der Waals surface area contributed by atoms with Gasteiger partial charge in [-0.15, -0.1) is 11.3 Å². The molecule has 1 amide bonds. The van der Waals surface area contributed by atoms with Crippen LogP contribution >= 0.6 is 46.8 Å². The summed E-state index contributed by atoms with van der Waals surface area (Å²) < 4.78 is 0. The smallest absolute Gasteiger partial charge is 0.258 e. The van der Waals surface area contributed by atoms with Crippen LogP contribution < -0.4 is 10.6 Å². The van der Waals surface area contributed by atoms with Gasteiger partial charge in [0.25, 0.3) is 5.91 Å². The van der Waals surface area contributed by atoms with Crippen molar-refractivity contribution in [2.24, 2.45) is 0 Å². The Kier molecular flexibility index (Phi) is 5.78. The van der Waals surface area contributed by atoms with Crippen LogP contribution in [0.4, 0.5) is 5.13 Å². The van der Waals surface area contributed by atoms with Crippen molar-refractivity contribution >= 4 is 73.7 Å². The van der Waals surface area contributed by atoms with Crippen molar-refractivity contribution in [2.45, 2.75) is 0 Å². The Morgan fingerprint density at radius 3 is 2.59 bits per heavy atom. The molecular formula is C21H13Cl2N3OS2. The van der Waals surface area contributed by atoms with Crippen LogP contribution in [0.25, 0.3) is 22.0 Å². The van der Waals surface area contributed by atoms with Crippen molar-refractivity contribution in [3.8, 4) is 11.3 Å².